The van der Waals surface area contributed by atoms with Crippen LogP contribution in [0.25, 0.3) is 0 Å². The van der Waals surface area contributed by atoms with Gasteiger partial charge in [0.05, 0.1) is 29.7 Å². The summed E-state index contributed by atoms with van der Waals surface area (Å²) in [6, 6.07) is 7.52. The fourth-order valence-electron chi connectivity index (χ4n) is 2.16. The van der Waals surface area contributed by atoms with Crippen molar-refractivity contribution < 1.29 is 27.4 Å². The average Bonchev–Trinajstić information content (AvgIpc) is 2.61. The molecule has 2 aromatic carbocycles. The van der Waals surface area contributed by atoms with Crippen LogP contribution in [0.2, 0.25) is 5.02 Å². The van der Waals surface area contributed by atoms with Crippen LogP contribution in [0.5, 0.6) is 11.5 Å². The van der Waals surface area contributed by atoms with Crippen molar-refractivity contribution in [2.75, 3.05) is 6.61 Å². The first-order valence-corrected chi connectivity index (χ1v) is 7.87. The maximum atomic E-state index is 14.6. The molecule has 136 valence electrons. The summed E-state index contributed by atoms with van der Waals surface area (Å²) in [5.41, 5.74) is -0.538. The number of nitriles is 1. The minimum absolute atomic E-state index is 0.0200. The molecule has 0 aliphatic carbocycles. The van der Waals surface area contributed by atoms with Gasteiger partial charge in [0, 0.05) is 11.1 Å². The fourth-order valence-corrected chi connectivity index (χ4v) is 2.34. The summed E-state index contributed by atoms with van der Waals surface area (Å²) in [6.45, 7) is 1.77. The van der Waals surface area contributed by atoms with E-state index in [1.807, 2.05) is 0 Å². The van der Waals surface area contributed by atoms with Crippen molar-refractivity contribution in [1.29, 1.82) is 5.26 Å². The van der Waals surface area contributed by atoms with Crippen LogP contribution >= 0.6 is 11.6 Å². The summed E-state index contributed by atoms with van der Waals surface area (Å²) in [5.74, 6) is -2.14. The molecule has 0 fully saturated rings. The second-order valence-corrected chi connectivity index (χ2v) is 5.54. The Morgan fingerprint density at radius 1 is 1.31 bits per heavy atom. The smallest absolute Gasteiger partial charge is 0.310 e. The SMILES string of the molecule is CCOC(=O)Cc1ccc(Cl)c(Oc2cc(C#N)cc(C(F)F)c2)c1F. The Labute approximate surface area is 152 Å². The third-order valence-corrected chi connectivity index (χ3v) is 3.60. The molecule has 0 heterocycles. The Bertz CT molecular complexity index is 865. The molecule has 0 unspecified atom stereocenters. The lowest BCUT2D eigenvalue weighted by atomic mass is 10.1. The van der Waals surface area contributed by atoms with Gasteiger partial charge < -0.3 is 9.47 Å². The predicted octanol–water partition coefficient (Wildman–Crippen LogP) is 5.19. The number of ether oxygens (including phenoxy) is 2. The minimum atomic E-state index is -2.83. The van der Waals surface area contributed by atoms with Crippen molar-refractivity contribution >= 4 is 17.6 Å². The van der Waals surface area contributed by atoms with Gasteiger partial charge in [-0.25, -0.2) is 13.2 Å². The molecule has 0 aliphatic rings. The summed E-state index contributed by atoms with van der Waals surface area (Å²) in [4.78, 5) is 11.5. The summed E-state index contributed by atoms with van der Waals surface area (Å²) < 4.78 is 50.6. The molecule has 0 atom stereocenters. The van der Waals surface area contributed by atoms with Crippen molar-refractivity contribution in [3.63, 3.8) is 0 Å². The first kappa shape index (κ1) is 19.6. The van der Waals surface area contributed by atoms with Gasteiger partial charge >= 0.3 is 5.97 Å². The number of alkyl halides is 2. The minimum Gasteiger partial charge on any atom is -0.466 e. The van der Waals surface area contributed by atoms with Gasteiger partial charge in [0.1, 0.15) is 5.75 Å². The largest absolute Gasteiger partial charge is 0.466 e. The highest BCUT2D eigenvalue weighted by Gasteiger charge is 2.19. The zero-order valence-corrected chi connectivity index (χ0v) is 14.3. The Morgan fingerprint density at radius 3 is 2.65 bits per heavy atom. The Kier molecular flexibility index (Phi) is 6.47. The van der Waals surface area contributed by atoms with E-state index in [0.717, 1.165) is 12.1 Å². The van der Waals surface area contributed by atoms with Gasteiger partial charge in [0.2, 0.25) is 0 Å². The molecular weight excluding hydrogens is 371 g/mol. The second-order valence-electron chi connectivity index (χ2n) is 5.14. The molecule has 2 rings (SSSR count). The van der Waals surface area contributed by atoms with Gasteiger partial charge in [-0.05, 0) is 31.2 Å². The molecule has 8 heteroatoms. The van der Waals surface area contributed by atoms with Crippen molar-refractivity contribution in [3.8, 4) is 17.6 Å². The molecule has 0 bridgehead atoms. The number of carbonyl (C=O) groups is 1. The van der Waals surface area contributed by atoms with Crippen LogP contribution in [0, 0.1) is 17.1 Å². The van der Waals surface area contributed by atoms with E-state index >= 15 is 0 Å². The zero-order valence-electron chi connectivity index (χ0n) is 13.6. The van der Waals surface area contributed by atoms with Crippen LogP contribution in [0.1, 0.15) is 30.0 Å². The number of halogens is 4. The van der Waals surface area contributed by atoms with E-state index in [9.17, 15) is 18.0 Å². The molecule has 26 heavy (non-hydrogen) atoms. The maximum absolute atomic E-state index is 14.6. The van der Waals surface area contributed by atoms with E-state index < -0.39 is 29.5 Å². The highest BCUT2D eigenvalue weighted by molar-refractivity contribution is 6.32. The fraction of sp³-hybridized carbons (Fsp3) is 0.222. The van der Waals surface area contributed by atoms with E-state index in [4.69, 9.17) is 26.3 Å². The predicted molar refractivity (Wildman–Crippen MR) is 87.9 cm³/mol. The van der Waals surface area contributed by atoms with E-state index in [1.165, 1.54) is 18.2 Å². The molecular formula is C18H13ClF3NO3. The molecule has 4 nitrogen and oxygen atoms in total. The van der Waals surface area contributed by atoms with Gasteiger partial charge in [-0.3, -0.25) is 4.79 Å². The first-order valence-electron chi connectivity index (χ1n) is 7.49. The monoisotopic (exact) mass is 383 g/mol. The Hall–Kier alpha value is -2.72. The standard InChI is InChI=1S/C18H13ClF3NO3/c1-2-25-15(24)8-11-3-4-14(19)17(16(11)20)26-13-6-10(9-23)5-12(7-13)18(21)22/h3-7,18H,2,8H2,1H3. The van der Waals surface area contributed by atoms with Crippen LogP contribution in [-0.2, 0) is 16.0 Å². The Balaban J connectivity index is 2.39. The summed E-state index contributed by atoms with van der Waals surface area (Å²) >= 11 is 5.93. The lowest BCUT2D eigenvalue weighted by Gasteiger charge is -2.13. The molecule has 2 aromatic rings. The lowest BCUT2D eigenvalue weighted by molar-refractivity contribution is -0.142. The second kappa shape index (κ2) is 8.59. The molecule has 0 saturated carbocycles. The summed E-state index contributed by atoms with van der Waals surface area (Å²) in [6.07, 6.45) is -3.17. The third-order valence-electron chi connectivity index (χ3n) is 3.30. The van der Waals surface area contributed by atoms with Crippen LogP contribution in [0.15, 0.2) is 30.3 Å². The van der Waals surface area contributed by atoms with Crippen molar-refractivity contribution in [3.05, 3.63) is 57.9 Å². The van der Waals surface area contributed by atoms with Crippen molar-refractivity contribution in [2.24, 2.45) is 0 Å². The number of hydrogen-bond acceptors (Lipinski definition) is 4. The van der Waals surface area contributed by atoms with E-state index in [0.29, 0.717) is 0 Å². The van der Waals surface area contributed by atoms with Crippen molar-refractivity contribution in [2.45, 2.75) is 19.8 Å². The van der Waals surface area contributed by atoms with E-state index in [-0.39, 0.29) is 34.9 Å². The molecule has 0 radical (unpaired) electrons. The number of benzene rings is 2. The topological polar surface area (TPSA) is 59.3 Å². The number of nitrogens with zero attached hydrogens (tertiary/aromatic N) is 1. The lowest BCUT2D eigenvalue weighted by Crippen LogP contribution is -2.09. The first-order chi connectivity index (χ1) is 12.3. The van der Waals surface area contributed by atoms with Gasteiger partial charge in [-0.15, -0.1) is 0 Å². The van der Waals surface area contributed by atoms with Gasteiger partial charge in [0.25, 0.3) is 6.43 Å². The zero-order chi connectivity index (χ0) is 19.3. The van der Waals surface area contributed by atoms with E-state index in [2.05, 4.69) is 0 Å². The summed E-state index contributed by atoms with van der Waals surface area (Å²) in [5, 5.41) is 8.82. The number of rotatable bonds is 6. The van der Waals surface area contributed by atoms with Crippen LogP contribution in [-0.4, -0.2) is 12.6 Å². The number of hydrogen-bond donors (Lipinski definition) is 0. The van der Waals surface area contributed by atoms with Crippen LogP contribution < -0.4 is 4.74 Å². The van der Waals surface area contributed by atoms with Gasteiger partial charge in [-0.2, -0.15) is 5.26 Å². The normalized spacial score (nSPS) is 10.5. The summed E-state index contributed by atoms with van der Waals surface area (Å²) in [7, 11) is 0. The van der Waals surface area contributed by atoms with Gasteiger partial charge in [-0.1, -0.05) is 17.7 Å². The highest BCUT2D eigenvalue weighted by atomic mass is 35.5. The third kappa shape index (κ3) is 4.67. The molecule has 0 spiro atoms. The van der Waals surface area contributed by atoms with Gasteiger partial charge in [0.15, 0.2) is 11.6 Å². The maximum Gasteiger partial charge on any atom is 0.310 e. The van der Waals surface area contributed by atoms with E-state index in [1.54, 1.807) is 13.0 Å². The number of esters is 1. The molecule has 0 saturated heterocycles. The molecule has 0 aliphatic heterocycles. The molecule has 0 N–H and O–H groups in total. The quantitative estimate of drug-likeness (QED) is 0.644. The number of carbonyl (C=O) groups excluding carboxylic acids is 1. The molecule has 0 aromatic heterocycles. The van der Waals surface area contributed by atoms with Crippen molar-refractivity contribution in [1.82, 2.24) is 0 Å². The van der Waals surface area contributed by atoms with Crippen LogP contribution in [0.4, 0.5) is 13.2 Å². The molecule has 0 amide bonds. The Morgan fingerprint density at radius 2 is 2.04 bits per heavy atom. The van der Waals surface area contributed by atoms with Crippen LogP contribution in [0.3, 0.4) is 0 Å². The highest BCUT2D eigenvalue weighted by Crippen LogP contribution is 2.36. The average molecular weight is 384 g/mol.